The average molecular weight is 447 g/mol. The lowest BCUT2D eigenvalue weighted by Gasteiger charge is -2.40. The van der Waals surface area contributed by atoms with Gasteiger partial charge in [-0.15, -0.1) is 5.54 Å². The van der Waals surface area contributed by atoms with Crippen molar-refractivity contribution in [3.8, 4) is 11.5 Å². The summed E-state index contributed by atoms with van der Waals surface area (Å²) in [5.74, 6) is 1.76. The van der Waals surface area contributed by atoms with Crippen LogP contribution in [-0.4, -0.2) is 50.9 Å². The number of carbonyl (C=O) groups excluding carboxylic acids is 3. The van der Waals surface area contributed by atoms with Crippen LogP contribution in [0.2, 0.25) is 19.6 Å². The molecule has 7 nitrogen and oxygen atoms in total. The van der Waals surface area contributed by atoms with Crippen LogP contribution in [0.15, 0.2) is 24.3 Å². The summed E-state index contributed by atoms with van der Waals surface area (Å²) in [4.78, 5) is 34.6. The Kier molecular flexibility index (Phi) is 8.42. The molecule has 0 amide bonds. The standard InChI is InChI=1S/C23H30O7Si/c1-15(24)27-14-20-13-21(28-16(2)25)23(29-17(3)26)22(30-20)19-9-7-18(8-10-19)11-12-31(4,5)6/h7-10,20-23H,13-14H2,1-6H3. The van der Waals surface area contributed by atoms with Gasteiger partial charge in [0, 0.05) is 32.8 Å². The van der Waals surface area contributed by atoms with E-state index >= 15 is 0 Å². The first-order chi connectivity index (χ1) is 14.4. The van der Waals surface area contributed by atoms with Gasteiger partial charge in [0.05, 0.1) is 6.10 Å². The van der Waals surface area contributed by atoms with E-state index in [0.717, 1.165) is 11.1 Å². The highest BCUT2D eigenvalue weighted by molar-refractivity contribution is 6.83. The van der Waals surface area contributed by atoms with Crippen LogP contribution in [0.25, 0.3) is 0 Å². The summed E-state index contributed by atoms with van der Waals surface area (Å²) in [7, 11) is -1.50. The van der Waals surface area contributed by atoms with E-state index in [2.05, 4.69) is 31.1 Å². The maximum atomic E-state index is 11.7. The van der Waals surface area contributed by atoms with Gasteiger partial charge in [0.15, 0.2) is 6.10 Å². The summed E-state index contributed by atoms with van der Waals surface area (Å²) < 4.78 is 22.2. The molecule has 1 heterocycles. The highest BCUT2D eigenvalue weighted by Gasteiger charge is 2.44. The van der Waals surface area contributed by atoms with Gasteiger partial charge in [-0.25, -0.2) is 0 Å². The lowest BCUT2D eigenvalue weighted by molar-refractivity contribution is -0.214. The predicted octanol–water partition coefficient (Wildman–Crippen LogP) is 3.17. The lowest BCUT2D eigenvalue weighted by Crippen LogP contribution is -2.48. The third-order valence-corrected chi connectivity index (χ3v) is 5.29. The summed E-state index contributed by atoms with van der Waals surface area (Å²) in [6.45, 7) is 10.4. The Labute approximate surface area is 184 Å². The Morgan fingerprint density at radius 2 is 1.61 bits per heavy atom. The fourth-order valence-electron chi connectivity index (χ4n) is 3.19. The summed E-state index contributed by atoms with van der Waals surface area (Å²) in [5.41, 5.74) is 4.94. The molecule has 2 rings (SSSR count). The molecule has 4 atom stereocenters. The van der Waals surface area contributed by atoms with Crippen LogP contribution in [0, 0.1) is 11.5 Å². The molecule has 1 aliphatic heterocycles. The van der Waals surface area contributed by atoms with Gasteiger partial charge in [0.25, 0.3) is 0 Å². The summed E-state index contributed by atoms with van der Waals surface area (Å²) in [5, 5.41) is 0. The SMILES string of the molecule is CC(=O)OCC1CC(OC(C)=O)C(OC(C)=O)C(c2ccc(C#C[Si](C)(C)C)cc2)O1. The molecule has 0 radical (unpaired) electrons. The molecule has 8 heteroatoms. The first-order valence-electron chi connectivity index (χ1n) is 10.2. The fourth-order valence-corrected chi connectivity index (χ4v) is 3.71. The molecule has 31 heavy (non-hydrogen) atoms. The molecule has 1 aromatic rings. The van der Waals surface area contributed by atoms with Crippen molar-refractivity contribution in [2.75, 3.05) is 6.61 Å². The first kappa shape index (κ1) is 24.6. The molecule has 4 unspecified atom stereocenters. The van der Waals surface area contributed by atoms with Crippen molar-refractivity contribution in [2.24, 2.45) is 0 Å². The van der Waals surface area contributed by atoms with Crippen LogP contribution in [0.3, 0.4) is 0 Å². The number of ether oxygens (including phenoxy) is 4. The van der Waals surface area contributed by atoms with Gasteiger partial charge in [0.2, 0.25) is 0 Å². The van der Waals surface area contributed by atoms with Crippen LogP contribution in [0.4, 0.5) is 0 Å². The van der Waals surface area contributed by atoms with E-state index in [-0.39, 0.29) is 13.0 Å². The van der Waals surface area contributed by atoms with Crippen LogP contribution in [0.1, 0.15) is 44.4 Å². The average Bonchev–Trinajstić information content (AvgIpc) is 2.65. The summed E-state index contributed by atoms with van der Waals surface area (Å²) in [6, 6.07) is 7.48. The maximum Gasteiger partial charge on any atom is 0.303 e. The van der Waals surface area contributed by atoms with E-state index in [4.69, 9.17) is 18.9 Å². The van der Waals surface area contributed by atoms with E-state index in [9.17, 15) is 14.4 Å². The van der Waals surface area contributed by atoms with Gasteiger partial charge >= 0.3 is 17.9 Å². The van der Waals surface area contributed by atoms with Gasteiger partial charge in [0.1, 0.15) is 26.9 Å². The summed E-state index contributed by atoms with van der Waals surface area (Å²) in [6.07, 6.45) is -2.53. The van der Waals surface area contributed by atoms with E-state index in [1.807, 2.05) is 24.3 Å². The van der Waals surface area contributed by atoms with E-state index in [0.29, 0.717) is 0 Å². The van der Waals surface area contributed by atoms with Crippen LogP contribution in [0.5, 0.6) is 0 Å². The molecule has 0 N–H and O–H groups in total. The number of rotatable bonds is 5. The minimum atomic E-state index is -1.50. The lowest BCUT2D eigenvalue weighted by atomic mass is 9.92. The molecule has 0 aliphatic carbocycles. The van der Waals surface area contributed by atoms with Crippen molar-refractivity contribution in [1.82, 2.24) is 0 Å². The third-order valence-electron chi connectivity index (χ3n) is 4.41. The second kappa shape index (κ2) is 10.6. The van der Waals surface area contributed by atoms with Crippen molar-refractivity contribution in [3.63, 3.8) is 0 Å². The van der Waals surface area contributed by atoms with E-state index in [1.54, 1.807) is 0 Å². The molecular formula is C23H30O7Si. The molecular weight excluding hydrogens is 416 g/mol. The normalized spacial score (nSPS) is 23.2. The molecule has 0 saturated carbocycles. The highest BCUT2D eigenvalue weighted by Crippen LogP contribution is 2.36. The van der Waals surface area contributed by atoms with Gasteiger partial charge in [-0.1, -0.05) is 37.7 Å². The minimum Gasteiger partial charge on any atom is -0.463 e. The fraction of sp³-hybridized carbons (Fsp3) is 0.522. The van der Waals surface area contributed by atoms with Gasteiger partial charge < -0.3 is 18.9 Å². The molecule has 1 aromatic carbocycles. The van der Waals surface area contributed by atoms with Gasteiger partial charge in [-0.3, -0.25) is 14.4 Å². The van der Waals surface area contributed by atoms with Gasteiger partial charge in [-0.2, -0.15) is 0 Å². The van der Waals surface area contributed by atoms with Crippen molar-refractivity contribution >= 4 is 26.0 Å². The Balaban J connectivity index is 2.34. The Hall–Kier alpha value is -2.63. The van der Waals surface area contributed by atoms with Crippen LogP contribution < -0.4 is 0 Å². The topological polar surface area (TPSA) is 88.1 Å². The number of hydrogen-bond donors (Lipinski definition) is 0. The number of carbonyl (C=O) groups is 3. The minimum absolute atomic E-state index is 0.0101. The number of benzene rings is 1. The van der Waals surface area contributed by atoms with E-state index in [1.165, 1.54) is 20.8 Å². The molecule has 0 bridgehead atoms. The number of esters is 3. The summed E-state index contributed by atoms with van der Waals surface area (Å²) >= 11 is 0. The first-order valence-corrected chi connectivity index (χ1v) is 13.7. The highest BCUT2D eigenvalue weighted by atomic mass is 28.3. The Morgan fingerprint density at radius 1 is 1.00 bits per heavy atom. The zero-order valence-corrected chi connectivity index (χ0v) is 19.9. The van der Waals surface area contributed by atoms with Crippen molar-refractivity contribution in [3.05, 3.63) is 35.4 Å². The van der Waals surface area contributed by atoms with Crippen LogP contribution >= 0.6 is 0 Å². The van der Waals surface area contributed by atoms with Crippen LogP contribution in [-0.2, 0) is 33.3 Å². The smallest absolute Gasteiger partial charge is 0.303 e. The zero-order valence-electron chi connectivity index (χ0n) is 18.9. The Morgan fingerprint density at radius 3 is 2.13 bits per heavy atom. The maximum absolute atomic E-state index is 11.7. The quantitative estimate of drug-likeness (QED) is 0.297. The molecule has 0 spiro atoms. The monoisotopic (exact) mass is 446 g/mol. The molecule has 1 saturated heterocycles. The van der Waals surface area contributed by atoms with Crippen molar-refractivity contribution in [2.45, 2.75) is 71.2 Å². The molecule has 168 valence electrons. The molecule has 1 aliphatic rings. The Bertz CT molecular complexity index is 861. The molecule has 0 aromatic heterocycles. The van der Waals surface area contributed by atoms with Crippen molar-refractivity contribution in [1.29, 1.82) is 0 Å². The second-order valence-corrected chi connectivity index (χ2v) is 13.3. The second-order valence-electron chi connectivity index (χ2n) is 8.56. The zero-order chi connectivity index (χ0) is 23.2. The third kappa shape index (κ3) is 8.19. The van der Waals surface area contributed by atoms with E-state index < -0.39 is 50.4 Å². The number of hydrogen-bond acceptors (Lipinski definition) is 7. The predicted molar refractivity (Wildman–Crippen MR) is 117 cm³/mol. The van der Waals surface area contributed by atoms with Crippen molar-refractivity contribution < 1.29 is 33.3 Å². The molecule has 1 fully saturated rings. The largest absolute Gasteiger partial charge is 0.463 e. The van der Waals surface area contributed by atoms with Gasteiger partial charge in [-0.05, 0) is 17.7 Å².